The van der Waals surface area contributed by atoms with Gasteiger partial charge in [0.1, 0.15) is 11.5 Å². The maximum atomic E-state index is 6.84. The van der Waals surface area contributed by atoms with E-state index in [1.54, 1.807) is 0 Å². The van der Waals surface area contributed by atoms with Crippen molar-refractivity contribution >= 4 is 16.8 Å². The Kier molecular flexibility index (Phi) is 6.91. The largest absolute Gasteiger partial charge is 0.457 e. The highest BCUT2D eigenvalue weighted by atomic mass is 16.5. The van der Waals surface area contributed by atoms with E-state index in [2.05, 4.69) is 176 Å². The first-order valence-electron chi connectivity index (χ1n) is 19.6. The van der Waals surface area contributed by atoms with Crippen LogP contribution in [0.25, 0.3) is 73.0 Å². The minimum atomic E-state index is -0.485. The molecule has 0 fully saturated rings. The van der Waals surface area contributed by atoms with Crippen LogP contribution in [0.1, 0.15) is 33.4 Å². The van der Waals surface area contributed by atoms with Gasteiger partial charge in [-0.15, -0.1) is 0 Å². The average Bonchev–Trinajstić information content (AvgIpc) is 3.57. The van der Waals surface area contributed by atoms with Crippen molar-refractivity contribution in [3.63, 3.8) is 0 Å². The van der Waals surface area contributed by atoms with E-state index in [4.69, 9.17) is 14.7 Å². The second-order valence-electron chi connectivity index (χ2n) is 15.2. The summed E-state index contributed by atoms with van der Waals surface area (Å²) in [5.41, 5.74) is 16.6. The van der Waals surface area contributed by atoms with Crippen LogP contribution >= 0.6 is 0 Å². The summed E-state index contributed by atoms with van der Waals surface area (Å²) in [5, 5.41) is 2.56. The Hall–Kier alpha value is -7.36. The normalized spacial score (nSPS) is 13.8. The Bertz CT molecular complexity index is 3100. The lowest BCUT2D eigenvalue weighted by atomic mass is 9.66. The Labute approximate surface area is 331 Å². The van der Waals surface area contributed by atoms with Gasteiger partial charge in [0, 0.05) is 27.8 Å². The smallest absolute Gasteiger partial charge is 0.160 e. The van der Waals surface area contributed by atoms with E-state index in [1.165, 1.54) is 49.7 Å². The number of hydrogen-bond acceptors (Lipinski definition) is 3. The molecule has 57 heavy (non-hydrogen) atoms. The molecular weight excluding hydrogens is 693 g/mol. The van der Waals surface area contributed by atoms with E-state index in [0.717, 1.165) is 62.7 Å². The molecule has 9 aromatic rings. The molecule has 2 aliphatic carbocycles. The molecule has 1 aromatic heterocycles. The number of para-hydroxylation sites is 1. The van der Waals surface area contributed by atoms with Crippen molar-refractivity contribution in [3.05, 3.63) is 221 Å². The van der Waals surface area contributed by atoms with Crippen molar-refractivity contribution in [3.8, 4) is 67.7 Å². The Balaban J connectivity index is 1.00. The first-order valence-corrected chi connectivity index (χ1v) is 19.6. The van der Waals surface area contributed by atoms with Crippen molar-refractivity contribution in [1.82, 2.24) is 9.97 Å². The number of benzene rings is 8. The molecule has 3 nitrogen and oxygen atoms in total. The summed E-state index contributed by atoms with van der Waals surface area (Å²) >= 11 is 0. The number of hydrogen-bond donors (Lipinski definition) is 0. The molecule has 2 heterocycles. The standard InChI is InChI=1S/C54H34N2O/c1-2-13-35(14-3-1)53-55-48(33-49(56-53)41-30-39-19-10-15-34-16-11-20-40(31-41)52(34)39)38-18-12-17-36(29-38)37-27-28-47-51(32-37)57-50-26-9-8-25-46(50)54(47)44-23-6-4-21-42(44)43-22-5-7-24-45(43)54/h1-15,17-33H,16H2. The highest BCUT2D eigenvalue weighted by Gasteiger charge is 2.50. The van der Waals surface area contributed by atoms with Gasteiger partial charge < -0.3 is 4.74 Å². The van der Waals surface area contributed by atoms with Crippen LogP contribution < -0.4 is 4.74 Å². The molecule has 0 saturated carbocycles. The zero-order valence-electron chi connectivity index (χ0n) is 31.0. The fraction of sp³-hybridized carbons (Fsp3) is 0.0370. The highest BCUT2D eigenvalue weighted by molar-refractivity contribution is 5.98. The van der Waals surface area contributed by atoms with E-state index in [0.29, 0.717) is 5.82 Å². The predicted molar refractivity (Wildman–Crippen MR) is 231 cm³/mol. The highest BCUT2D eigenvalue weighted by Crippen LogP contribution is 2.62. The Morgan fingerprint density at radius 1 is 0.439 bits per heavy atom. The van der Waals surface area contributed by atoms with E-state index in [1.807, 2.05) is 18.2 Å². The van der Waals surface area contributed by atoms with Gasteiger partial charge >= 0.3 is 0 Å². The van der Waals surface area contributed by atoms with Gasteiger partial charge in [0.15, 0.2) is 5.82 Å². The molecule has 12 rings (SSSR count). The molecule has 1 spiro atoms. The number of ether oxygens (including phenoxy) is 1. The number of allylic oxidation sites excluding steroid dienone is 1. The quantitative estimate of drug-likeness (QED) is 0.181. The molecule has 3 aliphatic rings. The summed E-state index contributed by atoms with van der Waals surface area (Å²) in [5.74, 6) is 2.46. The lowest BCUT2D eigenvalue weighted by molar-refractivity contribution is 0.436. The SMILES string of the molecule is C1=Cc2cc(-c3cc(-c4cccc(-c5ccc6c(c5)Oc5ccccc5C65c6ccccc6-c6ccccc65)c4)nc(-c4ccccc4)n3)cc3cccc(c23)C1. The maximum Gasteiger partial charge on any atom is 0.160 e. The van der Waals surface area contributed by atoms with Crippen LogP contribution in [0.4, 0.5) is 0 Å². The fourth-order valence-corrected chi connectivity index (χ4v) is 9.66. The van der Waals surface area contributed by atoms with Gasteiger partial charge in [0.05, 0.1) is 16.8 Å². The molecule has 266 valence electrons. The van der Waals surface area contributed by atoms with Crippen LogP contribution in [0.15, 0.2) is 188 Å². The van der Waals surface area contributed by atoms with E-state index in [9.17, 15) is 0 Å². The van der Waals surface area contributed by atoms with E-state index in [-0.39, 0.29) is 0 Å². The lowest BCUT2D eigenvalue weighted by Crippen LogP contribution is -2.32. The molecule has 0 unspecified atom stereocenters. The Morgan fingerprint density at radius 2 is 1.09 bits per heavy atom. The molecule has 1 aliphatic heterocycles. The van der Waals surface area contributed by atoms with Crippen LogP contribution in [0, 0.1) is 0 Å². The summed E-state index contributed by atoms with van der Waals surface area (Å²) in [6.45, 7) is 0. The van der Waals surface area contributed by atoms with Crippen molar-refractivity contribution in [2.45, 2.75) is 11.8 Å². The van der Waals surface area contributed by atoms with Crippen molar-refractivity contribution in [2.24, 2.45) is 0 Å². The zero-order valence-corrected chi connectivity index (χ0v) is 31.0. The predicted octanol–water partition coefficient (Wildman–Crippen LogP) is 13.3. The van der Waals surface area contributed by atoms with Gasteiger partial charge in [0.2, 0.25) is 0 Å². The van der Waals surface area contributed by atoms with Gasteiger partial charge in [-0.1, -0.05) is 158 Å². The first kappa shape index (κ1) is 31.9. The van der Waals surface area contributed by atoms with Crippen LogP contribution in [-0.4, -0.2) is 9.97 Å². The second-order valence-corrected chi connectivity index (χ2v) is 15.2. The number of fused-ring (bicyclic) bond motifs is 9. The average molecular weight is 727 g/mol. The third-order valence-corrected chi connectivity index (χ3v) is 12.1. The number of nitrogens with zero attached hydrogens (tertiary/aromatic N) is 2. The third-order valence-electron chi connectivity index (χ3n) is 12.1. The number of rotatable bonds is 4. The summed E-state index contributed by atoms with van der Waals surface area (Å²) in [6, 6.07) is 65.3. The van der Waals surface area contributed by atoms with Gasteiger partial charge in [-0.2, -0.15) is 0 Å². The minimum absolute atomic E-state index is 0.485. The molecule has 0 N–H and O–H groups in total. The van der Waals surface area contributed by atoms with Crippen molar-refractivity contribution in [1.29, 1.82) is 0 Å². The molecule has 0 bridgehead atoms. The molecule has 0 saturated heterocycles. The minimum Gasteiger partial charge on any atom is -0.457 e. The monoisotopic (exact) mass is 726 g/mol. The van der Waals surface area contributed by atoms with Crippen LogP contribution in [-0.2, 0) is 11.8 Å². The van der Waals surface area contributed by atoms with E-state index >= 15 is 0 Å². The molecule has 0 amide bonds. The summed E-state index contributed by atoms with van der Waals surface area (Å²) in [6.07, 6.45) is 5.46. The molecule has 0 radical (unpaired) electrons. The van der Waals surface area contributed by atoms with Gasteiger partial charge in [0.25, 0.3) is 0 Å². The van der Waals surface area contributed by atoms with Crippen LogP contribution in [0.3, 0.4) is 0 Å². The van der Waals surface area contributed by atoms with E-state index < -0.39 is 5.41 Å². The first-order chi connectivity index (χ1) is 28.2. The molecular formula is C54H34N2O. The van der Waals surface area contributed by atoms with Crippen LogP contribution in [0.5, 0.6) is 11.5 Å². The van der Waals surface area contributed by atoms with Gasteiger partial charge in [-0.25, -0.2) is 9.97 Å². The Morgan fingerprint density at radius 3 is 1.91 bits per heavy atom. The van der Waals surface area contributed by atoms with Gasteiger partial charge in [-0.3, -0.25) is 0 Å². The maximum absolute atomic E-state index is 6.84. The number of aromatic nitrogens is 2. The zero-order chi connectivity index (χ0) is 37.5. The summed E-state index contributed by atoms with van der Waals surface area (Å²) < 4.78 is 6.84. The molecule has 8 aromatic carbocycles. The molecule has 0 atom stereocenters. The van der Waals surface area contributed by atoms with Crippen molar-refractivity contribution < 1.29 is 4.74 Å². The lowest BCUT2D eigenvalue weighted by Gasteiger charge is -2.39. The van der Waals surface area contributed by atoms with Crippen LogP contribution in [0.2, 0.25) is 0 Å². The summed E-state index contributed by atoms with van der Waals surface area (Å²) in [4.78, 5) is 10.4. The molecule has 3 heteroatoms. The summed E-state index contributed by atoms with van der Waals surface area (Å²) in [7, 11) is 0. The second kappa shape index (κ2) is 12.3. The fourth-order valence-electron chi connectivity index (χ4n) is 9.66. The topological polar surface area (TPSA) is 35.0 Å². The van der Waals surface area contributed by atoms with Crippen molar-refractivity contribution in [2.75, 3.05) is 0 Å². The van der Waals surface area contributed by atoms with Gasteiger partial charge in [-0.05, 0) is 98.1 Å². The third kappa shape index (κ3) is 4.79.